The third-order valence-corrected chi connectivity index (χ3v) is 4.33. The van der Waals surface area contributed by atoms with Crippen LogP contribution in [0.5, 0.6) is 0 Å². The number of sulfonamides is 1. The molecule has 7 heteroatoms. The van der Waals surface area contributed by atoms with Crippen molar-refractivity contribution in [2.45, 2.75) is 18.7 Å². The van der Waals surface area contributed by atoms with E-state index in [0.29, 0.717) is 11.4 Å². The lowest BCUT2D eigenvalue weighted by Crippen LogP contribution is -2.13. The summed E-state index contributed by atoms with van der Waals surface area (Å²) in [5.74, 6) is 0. The lowest BCUT2D eigenvalue weighted by Gasteiger charge is -2.11. The maximum atomic E-state index is 12.3. The maximum Gasteiger partial charge on any atom is 0.261 e. The predicted molar refractivity (Wildman–Crippen MR) is 82.0 cm³/mol. The first kappa shape index (κ1) is 14.9. The molecule has 0 amide bonds. The zero-order valence-electron chi connectivity index (χ0n) is 11.6. The van der Waals surface area contributed by atoms with E-state index in [9.17, 15) is 8.42 Å². The van der Waals surface area contributed by atoms with Gasteiger partial charge in [0, 0.05) is 10.6 Å². The fraction of sp³-hybridized carbons (Fsp3) is 0.143. The monoisotopic (exact) mass is 302 g/mol. The van der Waals surface area contributed by atoms with Crippen LogP contribution in [-0.2, 0) is 10.0 Å². The minimum atomic E-state index is -3.67. The summed E-state index contributed by atoms with van der Waals surface area (Å²) in [4.78, 5) is 2.76. The number of hydrogen-bond donors (Lipinski definition) is 1. The van der Waals surface area contributed by atoms with Crippen molar-refractivity contribution < 1.29 is 8.42 Å². The van der Waals surface area contributed by atoms with Gasteiger partial charge in [-0.25, -0.2) is 8.42 Å². The van der Waals surface area contributed by atoms with Gasteiger partial charge in [0.2, 0.25) is 0 Å². The zero-order chi connectivity index (χ0) is 15.5. The van der Waals surface area contributed by atoms with Crippen LogP contribution in [0, 0.1) is 13.8 Å². The molecule has 1 N–H and O–H groups in total. The predicted octanol–water partition coefficient (Wildman–Crippen LogP) is 4.05. The molecule has 0 aliphatic carbocycles. The van der Waals surface area contributed by atoms with Gasteiger partial charge in [0.25, 0.3) is 10.0 Å². The lowest BCUT2D eigenvalue weighted by molar-refractivity contribution is 0.601. The quantitative estimate of drug-likeness (QED) is 0.524. The van der Waals surface area contributed by atoms with Crippen molar-refractivity contribution in [2.24, 2.45) is 5.11 Å². The summed E-state index contributed by atoms with van der Waals surface area (Å²) in [6.45, 7) is 3.73. The Kier molecular flexibility index (Phi) is 4.16. The molecule has 108 valence electrons. The summed E-state index contributed by atoms with van der Waals surface area (Å²) in [6.07, 6.45) is 0. The van der Waals surface area contributed by atoms with Gasteiger partial charge in [0.15, 0.2) is 0 Å². The summed E-state index contributed by atoms with van der Waals surface area (Å²) >= 11 is 0. The molecule has 21 heavy (non-hydrogen) atoms. The van der Waals surface area contributed by atoms with Gasteiger partial charge in [-0.1, -0.05) is 29.4 Å². The van der Waals surface area contributed by atoms with Crippen molar-refractivity contribution >= 4 is 21.4 Å². The number of aryl methyl sites for hydroxylation is 2. The normalized spacial score (nSPS) is 10.8. The molecule has 0 spiro atoms. The Balaban J connectivity index is 2.33. The highest BCUT2D eigenvalue weighted by molar-refractivity contribution is 7.92. The second-order valence-corrected chi connectivity index (χ2v) is 6.29. The molecule has 6 nitrogen and oxygen atoms in total. The van der Waals surface area contributed by atoms with Crippen LogP contribution in [0.3, 0.4) is 0 Å². The van der Waals surface area contributed by atoms with Gasteiger partial charge in [-0.3, -0.25) is 4.72 Å². The molecule has 2 aromatic carbocycles. The Labute approximate surface area is 123 Å². The number of benzene rings is 2. The standard InChI is InChI=1S/C14H14N4O2S/c1-10-3-4-11(2)14(9-10)17-21(19,20)13-7-5-12(6-8-13)16-18-15/h3-9,17H,1-2H3. The summed E-state index contributed by atoms with van der Waals surface area (Å²) < 4.78 is 27.2. The van der Waals surface area contributed by atoms with Crippen molar-refractivity contribution in [1.82, 2.24) is 0 Å². The Hall–Kier alpha value is -2.50. The number of anilines is 1. The Morgan fingerprint density at radius 2 is 1.76 bits per heavy atom. The van der Waals surface area contributed by atoms with Crippen molar-refractivity contribution in [3.63, 3.8) is 0 Å². The van der Waals surface area contributed by atoms with Crippen LogP contribution >= 0.6 is 0 Å². The van der Waals surface area contributed by atoms with Gasteiger partial charge in [-0.15, -0.1) is 0 Å². The van der Waals surface area contributed by atoms with Crippen molar-refractivity contribution in [3.05, 3.63) is 64.0 Å². The van der Waals surface area contributed by atoms with Crippen LogP contribution in [0.4, 0.5) is 11.4 Å². The van der Waals surface area contributed by atoms with Crippen LogP contribution in [0.2, 0.25) is 0 Å². The first-order chi connectivity index (χ1) is 9.92. The first-order valence-corrected chi connectivity index (χ1v) is 7.66. The Morgan fingerprint density at radius 1 is 1.10 bits per heavy atom. The van der Waals surface area contributed by atoms with Crippen LogP contribution in [0.25, 0.3) is 10.4 Å². The van der Waals surface area contributed by atoms with E-state index in [0.717, 1.165) is 11.1 Å². The van der Waals surface area contributed by atoms with Crippen LogP contribution < -0.4 is 4.72 Å². The van der Waals surface area contributed by atoms with Gasteiger partial charge in [0.05, 0.1) is 10.6 Å². The SMILES string of the molecule is Cc1ccc(C)c(NS(=O)(=O)c2ccc(N=[N+]=[N-])cc2)c1. The summed E-state index contributed by atoms with van der Waals surface area (Å²) in [5, 5.41) is 3.40. The van der Waals surface area contributed by atoms with E-state index in [1.807, 2.05) is 26.0 Å². The highest BCUT2D eigenvalue weighted by atomic mass is 32.2. The molecule has 0 aliphatic heterocycles. The summed E-state index contributed by atoms with van der Waals surface area (Å²) in [5.41, 5.74) is 11.1. The zero-order valence-corrected chi connectivity index (χ0v) is 12.4. The molecule has 0 bridgehead atoms. The van der Waals surface area contributed by atoms with Gasteiger partial charge in [-0.05, 0) is 48.7 Å². The van der Waals surface area contributed by atoms with Gasteiger partial charge in [0.1, 0.15) is 0 Å². The van der Waals surface area contributed by atoms with E-state index in [2.05, 4.69) is 14.7 Å². The molecule has 0 aliphatic rings. The molecule has 0 fully saturated rings. The Morgan fingerprint density at radius 3 is 2.38 bits per heavy atom. The van der Waals surface area contributed by atoms with E-state index >= 15 is 0 Å². The highest BCUT2D eigenvalue weighted by Gasteiger charge is 2.15. The fourth-order valence-electron chi connectivity index (χ4n) is 1.79. The van der Waals surface area contributed by atoms with Crippen LogP contribution in [0.15, 0.2) is 52.5 Å². The van der Waals surface area contributed by atoms with Crippen LogP contribution in [-0.4, -0.2) is 8.42 Å². The smallest absolute Gasteiger partial charge is 0.261 e. The van der Waals surface area contributed by atoms with Crippen molar-refractivity contribution in [2.75, 3.05) is 4.72 Å². The third kappa shape index (κ3) is 3.53. The molecule has 0 saturated carbocycles. The minimum Gasteiger partial charge on any atom is -0.279 e. The fourth-order valence-corrected chi connectivity index (χ4v) is 2.91. The highest BCUT2D eigenvalue weighted by Crippen LogP contribution is 2.22. The third-order valence-electron chi connectivity index (χ3n) is 2.94. The first-order valence-electron chi connectivity index (χ1n) is 6.17. The van der Waals surface area contributed by atoms with Gasteiger partial charge in [-0.2, -0.15) is 0 Å². The molecule has 0 aromatic heterocycles. The summed E-state index contributed by atoms with van der Waals surface area (Å²) in [6, 6.07) is 11.3. The lowest BCUT2D eigenvalue weighted by atomic mass is 10.1. The summed E-state index contributed by atoms with van der Waals surface area (Å²) in [7, 11) is -3.67. The van der Waals surface area contributed by atoms with Gasteiger partial charge >= 0.3 is 0 Å². The molecule has 0 heterocycles. The largest absolute Gasteiger partial charge is 0.279 e. The average Bonchev–Trinajstić information content (AvgIpc) is 2.44. The second kappa shape index (κ2) is 5.87. The minimum absolute atomic E-state index is 0.111. The van der Waals surface area contributed by atoms with Crippen molar-refractivity contribution in [3.8, 4) is 0 Å². The molecule has 2 aromatic rings. The van der Waals surface area contributed by atoms with E-state index in [1.54, 1.807) is 6.07 Å². The maximum absolute atomic E-state index is 12.3. The number of rotatable bonds is 4. The van der Waals surface area contributed by atoms with E-state index in [4.69, 9.17) is 5.53 Å². The topological polar surface area (TPSA) is 94.9 Å². The molecule has 0 radical (unpaired) electrons. The van der Waals surface area contributed by atoms with Crippen molar-refractivity contribution in [1.29, 1.82) is 0 Å². The molecule has 0 atom stereocenters. The van der Waals surface area contributed by atoms with E-state index < -0.39 is 10.0 Å². The van der Waals surface area contributed by atoms with Crippen LogP contribution in [0.1, 0.15) is 11.1 Å². The molecule has 0 unspecified atom stereocenters. The van der Waals surface area contributed by atoms with E-state index in [-0.39, 0.29) is 4.90 Å². The Bertz CT molecular complexity index is 807. The number of nitrogens with zero attached hydrogens (tertiary/aromatic N) is 3. The van der Waals surface area contributed by atoms with Gasteiger partial charge < -0.3 is 0 Å². The molecule has 0 saturated heterocycles. The molecular formula is C14H14N4O2S. The second-order valence-electron chi connectivity index (χ2n) is 4.61. The molecule has 2 rings (SSSR count). The average molecular weight is 302 g/mol. The number of hydrogen-bond acceptors (Lipinski definition) is 3. The number of nitrogens with one attached hydrogen (secondary N) is 1. The molecular weight excluding hydrogens is 288 g/mol. The number of azide groups is 1. The van der Waals surface area contributed by atoms with E-state index in [1.165, 1.54) is 24.3 Å².